The molecular weight excluding hydrogens is 230 g/mol. The number of hydrogen-bond donors (Lipinski definition) is 0. The second-order valence-electron chi connectivity index (χ2n) is 4.23. The normalized spacial score (nSPS) is 31.3. The zero-order chi connectivity index (χ0) is 9.69. The molecule has 74 valence electrons. The van der Waals surface area contributed by atoms with Gasteiger partial charge in [0.2, 0.25) is 0 Å². The van der Waals surface area contributed by atoms with Crippen LogP contribution in [0.1, 0.15) is 32.1 Å². The lowest BCUT2D eigenvalue weighted by molar-refractivity contribution is -0.152. The molecule has 0 bridgehead atoms. The SMILES string of the molecule is O=C1CC2(CCC2)C1CC(Cl)(Cl)Cl. The van der Waals surface area contributed by atoms with E-state index in [1.165, 1.54) is 6.42 Å². The highest BCUT2D eigenvalue weighted by Crippen LogP contribution is 2.60. The highest BCUT2D eigenvalue weighted by molar-refractivity contribution is 6.67. The molecule has 2 fully saturated rings. The van der Waals surface area contributed by atoms with Gasteiger partial charge in [0.1, 0.15) is 5.78 Å². The topological polar surface area (TPSA) is 17.1 Å². The van der Waals surface area contributed by atoms with Gasteiger partial charge in [0.05, 0.1) is 0 Å². The van der Waals surface area contributed by atoms with Crippen LogP contribution in [-0.2, 0) is 4.79 Å². The molecule has 0 aliphatic heterocycles. The number of halogens is 3. The number of ketones is 1. The maximum atomic E-state index is 11.3. The van der Waals surface area contributed by atoms with E-state index in [-0.39, 0.29) is 17.1 Å². The van der Waals surface area contributed by atoms with Crippen LogP contribution in [-0.4, -0.2) is 9.58 Å². The average Bonchev–Trinajstić information content (AvgIpc) is 1.90. The first kappa shape index (κ1) is 10.1. The van der Waals surface area contributed by atoms with Crippen LogP contribution in [0.4, 0.5) is 0 Å². The van der Waals surface area contributed by atoms with Gasteiger partial charge in [0.15, 0.2) is 3.79 Å². The molecule has 13 heavy (non-hydrogen) atoms. The highest BCUT2D eigenvalue weighted by Gasteiger charge is 2.57. The molecule has 0 heterocycles. The van der Waals surface area contributed by atoms with Crippen LogP contribution in [0.5, 0.6) is 0 Å². The predicted molar refractivity (Wildman–Crippen MR) is 54.3 cm³/mol. The Morgan fingerprint density at radius 2 is 2.00 bits per heavy atom. The standard InChI is InChI=1S/C9H11Cl3O/c10-9(11,12)4-6-7(13)5-8(6)2-1-3-8/h6H,1-5H2. The summed E-state index contributed by atoms with van der Waals surface area (Å²) in [6, 6.07) is 0. The molecule has 0 aromatic rings. The van der Waals surface area contributed by atoms with Crippen LogP contribution < -0.4 is 0 Å². The fraction of sp³-hybridized carbons (Fsp3) is 0.889. The molecule has 4 heteroatoms. The van der Waals surface area contributed by atoms with Crippen molar-refractivity contribution in [1.29, 1.82) is 0 Å². The number of hydrogen-bond acceptors (Lipinski definition) is 1. The first-order valence-corrected chi connectivity index (χ1v) is 5.66. The molecule has 0 aromatic carbocycles. The number of carbonyl (C=O) groups excluding carboxylic acids is 1. The number of Topliss-reactive ketones (excluding diaryl/α,β-unsaturated/α-hetero) is 1. The third-order valence-corrected chi connectivity index (χ3v) is 3.90. The fourth-order valence-electron chi connectivity index (χ4n) is 2.52. The molecule has 1 spiro atoms. The van der Waals surface area contributed by atoms with Gasteiger partial charge in [-0.2, -0.15) is 0 Å². The third kappa shape index (κ3) is 1.71. The van der Waals surface area contributed by atoms with Crippen molar-refractivity contribution in [1.82, 2.24) is 0 Å². The Labute approximate surface area is 92.7 Å². The zero-order valence-electron chi connectivity index (χ0n) is 7.16. The fourth-order valence-corrected chi connectivity index (χ4v) is 2.98. The molecule has 1 unspecified atom stereocenters. The third-order valence-electron chi connectivity index (χ3n) is 3.44. The summed E-state index contributed by atoms with van der Waals surface area (Å²) in [6.45, 7) is 0. The van der Waals surface area contributed by atoms with Crippen molar-refractivity contribution >= 4 is 40.6 Å². The summed E-state index contributed by atoms with van der Waals surface area (Å²) >= 11 is 17.1. The largest absolute Gasteiger partial charge is 0.299 e. The van der Waals surface area contributed by atoms with Crippen LogP contribution in [0.3, 0.4) is 0 Å². The van der Waals surface area contributed by atoms with Crippen LogP contribution in [0.2, 0.25) is 0 Å². The summed E-state index contributed by atoms with van der Waals surface area (Å²) in [6.07, 6.45) is 4.63. The van der Waals surface area contributed by atoms with Gasteiger partial charge in [-0.1, -0.05) is 41.2 Å². The molecule has 2 saturated carbocycles. The van der Waals surface area contributed by atoms with Gasteiger partial charge >= 0.3 is 0 Å². The van der Waals surface area contributed by atoms with E-state index >= 15 is 0 Å². The molecule has 1 atom stereocenters. The molecule has 1 nitrogen and oxygen atoms in total. The Balaban J connectivity index is 2.01. The number of carbonyl (C=O) groups is 1. The minimum Gasteiger partial charge on any atom is -0.299 e. The Hall–Kier alpha value is 0.540. The summed E-state index contributed by atoms with van der Waals surface area (Å²) < 4.78 is -1.26. The minimum absolute atomic E-state index is 0.0220. The molecule has 2 rings (SSSR count). The quantitative estimate of drug-likeness (QED) is 0.642. The van der Waals surface area contributed by atoms with E-state index in [0.717, 1.165) is 19.3 Å². The van der Waals surface area contributed by atoms with Crippen molar-refractivity contribution in [3.63, 3.8) is 0 Å². The van der Waals surface area contributed by atoms with E-state index in [1.807, 2.05) is 0 Å². The summed E-state index contributed by atoms with van der Waals surface area (Å²) in [4.78, 5) is 11.3. The van der Waals surface area contributed by atoms with Crippen LogP contribution in [0, 0.1) is 11.3 Å². The lowest BCUT2D eigenvalue weighted by Gasteiger charge is -2.55. The summed E-state index contributed by atoms with van der Waals surface area (Å²) in [7, 11) is 0. The van der Waals surface area contributed by atoms with E-state index in [4.69, 9.17) is 34.8 Å². The first-order chi connectivity index (χ1) is 5.93. The van der Waals surface area contributed by atoms with Crippen LogP contribution in [0.15, 0.2) is 0 Å². The molecule has 0 saturated heterocycles. The van der Waals surface area contributed by atoms with Gasteiger partial charge in [0, 0.05) is 18.8 Å². The molecule has 0 amide bonds. The van der Waals surface area contributed by atoms with Crippen molar-refractivity contribution in [2.24, 2.45) is 11.3 Å². The second-order valence-corrected chi connectivity index (χ2v) is 6.75. The molecule has 2 aliphatic rings. The van der Waals surface area contributed by atoms with Crippen molar-refractivity contribution in [3.8, 4) is 0 Å². The Bertz CT molecular complexity index is 240. The van der Waals surface area contributed by atoms with Crippen molar-refractivity contribution in [2.45, 2.75) is 35.9 Å². The summed E-state index contributed by atoms with van der Waals surface area (Å²) in [5.74, 6) is 0.305. The molecule has 0 radical (unpaired) electrons. The van der Waals surface area contributed by atoms with Crippen molar-refractivity contribution in [2.75, 3.05) is 0 Å². The number of rotatable bonds is 1. The first-order valence-electron chi connectivity index (χ1n) is 4.52. The van der Waals surface area contributed by atoms with Gasteiger partial charge in [-0.25, -0.2) is 0 Å². The van der Waals surface area contributed by atoms with E-state index in [9.17, 15) is 4.79 Å². The molecular formula is C9H11Cl3O. The Morgan fingerprint density at radius 1 is 1.38 bits per heavy atom. The van der Waals surface area contributed by atoms with Crippen LogP contribution in [0.25, 0.3) is 0 Å². The second kappa shape index (κ2) is 3.01. The minimum atomic E-state index is -1.26. The molecule has 0 aromatic heterocycles. The van der Waals surface area contributed by atoms with Gasteiger partial charge in [-0.05, 0) is 18.3 Å². The smallest absolute Gasteiger partial charge is 0.191 e. The Morgan fingerprint density at radius 3 is 2.31 bits per heavy atom. The van der Waals surface area contributed by atoms with Crippen LogP contribution >= 0.6 is 34.8 Å². The van der Waals surface area contributed by atoms with Gasteiger partial charge in [0.25, 0.3) is 0 Å². The van der Waals surface area contributed by atoms with E-state index in [0.29, 0.717) is 6.42 Å². The summed E-state index contributed by atoms with van der Waals surface area (Å²) in [5, 5.41) is 0. The average molecular weight is 242 g/mol. The Kier molecular flexibility index (Phi) is 2.33. The summed E-state index contributed by atoms with van der Waals surface area (Å²) in [5.41, 5.74) is 0.237. The van der Waals surface area contributed by atoms with E-state index in [2.05, 4.69) is 0 Å². The number of alkyl halides is 3. The van der Waals surface area contributed by atoms with Gasteiger partial charge < -0.3 is 0 Å². The highest BCUT2D eigenvalue weighted by atomic mass is 35.6. The maximum Gasteiger partial charge on any atom is 0.191 e. The molecule has 2 aliphatic carbocycles. The maximum absolute atomic E-state index is 11.3. The monoisotopic (exact) mass is 240 g/mol. The lowest BCUT2D eigenvalue weighted by atomic mass is 9.48. The predicted octanol–water partition coefficient (Wildman–Crippen LogP) is 3.51. The zero-order valence-corrected chi connectivity index (χ0v) is 9.42. The van der Waals surface area contributed by atoms with Gasteiger partial charge in [-0.3, -0.25) is 4.79 Å². The van der Waals surface area contributed by atoms with Gasteiger partial charge in [-0.15, -0.1) is 0 Å². The lowest BCUT2D eigenvalue weighted by Crippen LogP contribution is -2.53. The van der Waals surface area contributed by atoms with Crippen molar-refractivity contribution < 1.29 is 4.79 Å². The molecule has 0 N–H and O–H groups in total. The van der Waals surface area contributed by atoms with E-state index < -0.39 is 3.79 Å². The van der Waals surface area contributed by atoms with Crippen molar-refractivity contribution in [3.05, 3.63) is 0 Å². The van der Waals surface area contributed by atoms with E-state index in [1.54, 1.807) is 0 Å².